The fourth-order valence-electron chi connectivity index (χ4n) is 4.02. The van der Waals surface area contributed by atoms with Gasteiger partial charge in [-0.05, 0) is 52.6 Å². The Bertz CT molecular complexity index is 496. The van der Waals surface area contributed by atoms with Crippen LogP contribution in [-0.2, 0) is 11.2 Å². The molecule has 3 rings (SSSR count). The van der Waals surface area contributed by atoms with Gasteiger partial charge in [-0.1, -0.05) is 12.8 Å². The van der Waals surface area contributed by atoms with Gasteiger partial charge in [-0.2, -0.15) is 5.10 Å². The molecule has 1 aliphatic heterocycles. The third-order valence-corrected chi connectivity index (χ3v) is 5.12. The third kappa shape index (κ3) is 2.63. The summed E-state index contributed by atoms with van der Waals surface area (Å²) in [5.41, 5.74) is -0.204. The summed E-state index contributed by atoms with van der Waals surface area (Å²) < 4.78 is 1.88. The smallest absolute Gasteiger partial charge is 0.160 e. The summed E-state index contributed by atoms with van der Waals surface area (Å²) >= 11 is 0. The van der Waals surface area contributed by atoms with Crippen molar-refractivity contribution in [2.24, 2.45) is 0 Å². The highest BCUT2D eigenvalue weighted by Gasteiger charge is 2.46. The Morgan fingerprint density at radius 3 is 2.52 bits per heavy atom. The Morgan fingerprint density at radius 1 is 1.24 bits per heavy atom. The first kappa shape index (κ1) is 14.7. The van der Waals surface area contributed by atoms with Crippen molar-refractivity contribution in [3.05, 3.63) is 12.2 Å². The first-order valence-electron chi connectivity index (χ1n) is 8.30. The average molecular weight is 290 g/mol. The van der Waals surface area contributed by atoms with Crippen LogP contribution in [0.15, 0.2) is 6.33 Å². The molecule has 0 bridgehead atoms. The highest BCUT2D eigenvalue weighted by Crippen LogP contribution is 2.38. The molecule has 0 radical (unpaired) electrons. The molecule has 21 heavy (non-hydrogen) atoms. The van der Waals surface area contributed by atoms with Gasteiger partial charge in [-0.15, -0.1) is 0 Å². The zero-order valence-electron chi connectivity index (χ0n) is 13.2. The van der Waals surface area contributed by atoms with Crippen molar-refractivity contribution >= 4 is 5.78 Å². The predicted octanol–water partition coefficient (Wildman–Crippen LogP) is 2.38. The molecule has 0 unspecified atom stereocenters. The summed E-state index contributed by atoms with van der Waals surface area (Å²) in [6, 6.07) is 0.251. The van der Waals surface area contributed by atoms with E-state index >= 15 is 0 Å². The summed E-state index contributed by atoms with van der Waals surface area (Å²) in [4.78, 5) is 19.8. The lowest BCUT2D eigenvalue weighted by Gasteiger charge is -2.37. The molecule has 2 aliphatic rings. The van der Waals surface area contributed by atoms with Crippen LogP contribution in [0.2, 0.25) is 0 Å². The first-order valence-corrected chi connectivity index (χ1v) is 8.30. The fourth-order valence-corrected chi connectivity index (χ4v) is 4.02. The lowest BCUT2D eigenvalue weighted by Crippen LogP contribution is -2.52. The van der Waals surface area contributed by atoms with E-state index in [0.29, 0.717) is 12.2 Å². The molecule has 116 valence electrons. The van der Waals surface area contributed by atoms with Gasteiger partial charge in [0.15, 0.2) is 5.78 Å². The standard InChI is InChI=1S/C16H26N4O/c1-13(2)20-15(17-12-18-20)11-14(21)16(7-3-4-8-16)19-9-5-6-10-19/h12-13H,3-11H2,1-2H3. The van der Waals surface area contributed by atoms with Crippen LogP contribution in [0.5, 0.6) is 0 Å². The molecule has 1 aliphatic carbocycles. The first-order chi connectivity index (χ1) is 10.1. The van der Waals surface area contributed by atoms with E-state index in [0.717, 1.165) is 31.8 Å². The lowest BCUT2D eigenvalue weighted by molar-refractivity contribution is -0.130. The summed E-state index contributed by atoms with van der Waals surface area (Å²) in [6.45, 7) is 6.33. The van der Waals surface area contributed by atoms with Crippen molar-refractivity contribution in [3.63, 3.8) is 0 Å². The number of carbonyl (C=O) groups excluding carboxylic acids is 1. The van der Waals surface area contributed by atoms with Gasteiger partial charge < -0.3 is 0 Å². The molecule has 1 aromatic rings. The van der Waals surface area contributed by atoms with Gasteiger partial charge in [-0.3, -0.25) is 9.69 Å². The molecule has 2 fully saturated rings. The molecule has 2 heterocycles. The Labute approximate surface area is 126 Å². The topological polar surface area (TPSA) is 51.0 Å². The van der Waals surface area contributed by atoms with Crippen molar-refractivity contribution in [3.8, 4) is 0 Å². The van der Waals surface area contributed by atoms with E-state index in [2.05, 4.69) is 28.8 Å². The third-order valence-electron chi connectivity index (χ3n) is 5.12. The second kappa shape index (κ2) is 5.87. The van der Waals surface area contributed by atoms with Crippen LogP contribution in [0.1, 0.15) is 64.2 Å². The molecular formula is C16H26N4O. The van der Waals surface area contributed by atoms with Gasteiger partial charge in [-0.25, -0.2) is 9.67 Å². The van der Waals surface area contributed by atoms with E-state index in [1.165, 1.54) is 25.7 Å². The fraction of sp³-hybridized carbons (Fsp3) is 0.812. The lowest BCUT2D eigenvalue weighted by atomic mass is 9.88. The Balaban J connectivity index is 1.80. The number of ketones is 1. The summed E-state index contributed by atoms with van der Waals surface area (Å²) in [5, 5.41) is 4.26. The van der Waals surface area contributed by atoms with Crippen LogP contribution < -0.4 is 0 Å². The van der Waals surface area contributed by atoms with E-state index in [-0.39, 0.29) is 11.6 Å². The van der Waals surface area contributed by atoms with Crippen LogP contribution >= 0.6 is 0 Å². The zero-order valence-corrected chi connectivity index (χ0v) is 13.2. The number of nitrogens with zero attached hydrogens (tertiary/aromatic N) is 4. The highest BCUT2D eigenvalue weighted by molar-refractivity contribution is 5.90. The average Bonchev–Trinajstić information content (AvgIpc) is 3.20. The number of aromatic nitrogens is 3. The van der Waals surface area contributed by atoms with Gasteiger partial charge in [0.2, 0.25) is 0 Å². The molecule has 0 aromatic carbocycles. The van der Waals surface area contributed by atoms with Gasteiger partial charge in [0.25, 0.3) is 0 Å². The largest absolute Gasteiger partial charge is 0.297 e. The molecule has 0 atom stereocenters. The van der Waals surface area contributed by atoms with Gasteiger partial charge >= 0.3 is 0 Å². The Morgan fingerprint density at radius 2 is 1.90 bits per heavy atom. The molecule has 1 aromatic heterocycles. The van der Waals surface area contributed by atoms with Crippen molar-refractivity contribution in [2.75, 3.05) is 13.1 Å². The van der Waals surface area contributed by atoms with Crippen LogP contribution in [0.25, 0.3) is 0 Å². The number of Topliss-reactive ketones (excluding diaryl/α,β-unsaturated/α-hetero) is 1. The van der Waals surface area contributed by atoms with Crippen LogP contribution in [0, 0.1) is 0 Å². The summed E-state index contributed by atoms with van der Waals surface area (Å²) in [6.07, 6.45) is 8.88. The minimum absolute atomic E-state index is 0.204. The van der Waals surface area contributed by atoms with E-state index in [1.54, 1.807) is 6.33 Å². The zero-order chi connectivity index (χ0) is 14.9. The minimum Gasteiger partial charge on any atom is -0.297 e. The normalized spacial score (nSPS) is 22.2. The van der Waals surface area contributed by atoms with E-state index in [1.807, 2.05) is 4.68 Å². The quantitative estimate of drug-likeness (QED) is 0.835. The van der Waals surface area contributed by atoms with E-state index in [4.69, 9.17) is 0 Å². The van der Waals surface area contributed by atoms with E-state index in [9.17, 15) is 4.79 Å². The number of hydrogen-bond donors (Lipinski definition) is 0. The highest BCUT2D eigenvalue weighted by atomic mass is 16.1. The van der Waals surface area contributed by atoms with Crippen molar-refractivity contribution in [1.29, 1.82) is 0 Å². The SMILES string of the molecule is CC(C)n1ncnc1CC(=O)C1(N2CCCC2)CCCC1. The second-order valence-electron chi connectivity index (χ2n) is 6.75. The maximum atomic E-state index is 13.1. The molecule has 0 spiro atoms. The summed E-state index contributed by atoms with van der Waals surface area (Å²) in [7, 11) is 0. The maximum Gasteiger partial charge on any atom is 0.160 e. The molecule has 1 saturated carbocycles. The summed E-state index contributed by atoms with van der Waals surface area (Å²) in [5.74, 6) is 1.18. The van der Waals surface area contributed by atoms with Gasteiger partial charge in [0, 0.05) is 6.04 Å². The van der Waals surface area contributed by atoms with Crippen LogP contribution in [0.3, 0.4) is 0 Å². The van der Waals surface area contributed by atoms with Gasteiger partial charge in [0.05, 0.1) is 12.0 Å². The van der Waals surface area contributed by atoms with Crippen molar-refractivity contribution in [2.45, 2.75) is 70.4 Å². The molecule has 1 saturated heterocycles. The molecule has 0 amide bonds. The number of likely N-dealkylation sites (tertiary alicyclic amines) is 1. The number of rotatable bonds is 5. The molecule has 5 heteroatoms. The minimum atomic E-state index is -0.204. The van der Waals surface area contributed by atoms with Crippen molar-refractivity contribution in [1.82, 2.24) is 19.7 Å². The van der Waals surface area contributed by atoms with E-state index < -0.39 is 0 Å². The molecule has 0 N–H and O–H groups in total. The molecular weight excluding hydrogens is 264 g/mol. The Hall–Kier alpha value is -1.23. The second-order valence-corrected chi connectivity index (χ2v) is 6.75. The van der Waals surface area contributed by atoms with Crippen LogP contribution in [-0.4, -0.2) is 44.1 Å². The van der Waals surface area contributed by atoms with Gasteiger partial charge in [0.1, 0.15) is 12.2 Å². The van der Waals surface area contributed by atoms with Crippen molar-refractivity contribution < 1.29 is 4.79 Å². The number of hydrogen-bond acceptors (Lipinski definition) is 4. The monoisotopic (exact) mass is 290 g/mol. The predicted molar refractivity (Wildman–Crippen MR) is 81.1 cm³/mol. The Kier molecular flexibility index (Phi) is 4.11. The van der Waals surface area contributed by atoms with Crippen LogP contribution in [0.4, 0.5) is 0 Å². The number of carbonyl (C=O) groups is 1. The maximum absolute atomic E-state index is 13.1. The molecule has 5 nitrogen and oxygen atoms in total.